The Balaban J connectivity index is 3.15. The number of hydrogen-bond acceptors (Lipinski definition) is 4. The van der Waals surface area contributed by atoms with E-state index in [1.54, 1.807) is 24.3 Å². The zero-order valence-corrected chi connectivity index (χ0v) is 9.10. The molecule has 0 saturated carbocycles. The number of carbonyl (C=O) groups is 2. The lowest BCUT2D eigenvalue weighted by molar-refractivity contribution is -0.104. The van der Waals surface area contributed by atoms with Crippen LogP contribution in [-0.2, 0) is 9.53 Å². The van der Waals surface area contributed by atoms with Crippen molar-refractivity contribution in [1.82, 2.24) is 0 Å². The van der Waals surface area contributed by atoms with Crippen LogP contribution in [0.15, 0.2) is 24.3 Å². The Kier molecular flexibility index (Phi) is 4.27. The van der Waals surface area contributed by atoms with Gasteiger partial charge < -0.3 is 9.47 Å². The van der Waals surface area contributed by atoms with E-state index < -0.39 is 5.97 Å². The highest BCUT2D eigenvalue weighted by molar-refractivity contribution is 5.93. The molecule has 0 aliphatic heterocycles. The SMILES string of the molecule is COC(=O)c1cc(C=CC=O)ccc1OC. The molecule has 84 valence electrons. The summed E-state index contributed by atoms with van der Waals surface area (Å²) in [5.41, 5.74) is 1.06. The van der Waals surface area contributed by atoms with Crippen molar-refractivity contribution in [2.45, 2.75) is 0 Å². The maximum atomic E-state index is 11.4. The summed E-state index contributed by atoms with van der Waals surface area (Å²) in [5, 5.41) is 0. The minimum atomic E-state index is -0.474. The first-order valence-corrected chi connectivity index (χ1v) is 4.61. The maximum absolute atomic E-state index is 11.4. The number of carbonyl (C=O) groups excluding carboxylic acids is 2. The summed E-state index contributed by atoms with van der Waals surface area (Å²) in [6.45, 7) is 0. The van der Waals surface area contributed by atoms with E-state index in [0.29, 0.717) is 17.6 Å². The van der Waals surface area contributed by atoms with Gasteiger partial charge in [-0.15, -0.1) is 0 Å². The fourth-order valence-corrected chi connectivity index (χ4v) is 1.25. The molecule has 0 unspecified atom stereocenters. The Morgan fingerprint density at radius 3 is 2.62 bits per heavy atom. The van der Waals surface area contributed by atoms with E-state index in [0.717, 1.165) is 5.56 Å². The summed E-state index contributed by atoms with van der Waals surface area (Å²) in [7, 11) is 2.78. The van der Waals surface area contributed by atoms with Crippen LogP contribution in [0.1, 0.15) is 15.9 Å². The van der Waals surface area contributed by atoms with Crippen LogP contribution >= 0.6 is 0 Å². The largest absolute Gasteiger partial charge is 0.496 e. The number of esters is 1. The van der Waals surface area contributed by atoms with Gasteiger partial charge in [-0.25, -0.2) is 4.79 Å². The predicted molar refractivity (Wildman–Crippen MR) is 59.4 cm³/mol. The molecule has 0 heterocycles. The van der Waals surface area contributed by atoms with E-state index in [1.807, 2.05) is 0 Å². The van der Waals surface area contributed by atoms with Gasteiger partial charge in [0.15, 0.2) is 0 Å². The first kappa shape index (κ1) is 12.0. The third-order valence-electron chi connectivity index (χ3n) is 2.00. The molecule has 0 aliphatic rings. The smallest absolute Gasteiger partial charge is 0.341 e. The Morgan fingerprint density at radius 2 is 2.06 bits per heavy atom. The van der Waals surface area contributed by atoms with Crippen LogP contribution in [0.3, 0.4) is 0 Å². The van der Waals surface area contributed by atoms with Crippen molar-refractivity contribution in [2.24, 2.45) is 0 Å². The second kappa shape index (κ2) is 5.70. The summed E-state index contributed by atoms with van der Waals surface area (Å²) in [5.74, 6) is -0.0340. The van der Waals surface area contributed by atoms with E-state index in [-0.39, 0.29) is 0 Å². The van der Waals surface area contributed by atoms with Gasteiger partial charge in [0.25, 0.3) is 0 Å². The van der Waals surface area contributed by atoms with Gasteiger partial charge >= 0.3 is 5.97 Å². The van der Waals surface area contributed by atoms with Crippen LogP contribution in [0.5, 0.6) is 5.75 Å². The summed E-state index contributed by atoms with van der Waals surface area (Å²) in [4.78, 5) is 21.6. The number of ether oxygens (including phenoxy) is 2. The van der Waals surface area contributed by atoms with E-state index in [4.69, 9.17) is 4.74 Å². The summed E-state index contributed by atoms with van der Waals surface area (Å²) < 4.78 is 9.66. The molecule has 0 saturated heterocycles. The van der Waals surface area contributed by atoms with Crippen molar-refractivity contribution in [3.05, 3.63) is 35.4 Å². The Labute approximate surface area is 93.5 Å². The number of aldehydes is 1. The van der Waals surface area contributed by atoms with Crippen molar-refractivity contribution >= 4 is 18.3 Å². The Hall–Kier alpha value is -2.10. The molecule has 1 rings (SSSR count). The maximum Gasteiger partial charge on any atom is 0.341 e. The summed E-state index contributed by atoms with van der Waals surface area (Å²) in [6, 6.07) is 4.99. The van der Waals surface area contributed by atoms with Gasteiger partial charge in [-0.2, -0.15) is 0 Å². The number of rotatable bonds is 4. The minimum absolute atomic E-state index is 0.332. The molecule has 4 heteroatoms. The first-order chi connectivity index (χ1) is 7.72. The topological polar surface area (TPSA) is 52.6 Å². The minimum Gasteiger partial charge on any atom is -0.496 e. The third-order valence-corrected chi connectivity index (χ3v) is 2.00. The van der Waals surface area contributed by atoms with Crippen LogP contribution in [0.4, 0.5) is 0 Å². The fourth-order valence-electron chi connectivity index (χ4n) is 1.25. The molecule has 0 amide bonds. The molecule has 0 spiro atoms. The zero-order valence-electron chi connectivity index (χ0n) is 9.10. The standard InChI is InChI=1S/C12H12O4/c1-15-11-6-5-9(4-3-7-13)8-10(11)12(14)16-2/h3-8H,1-2H3. The fraction of sp³-hybridized carbons (Fsp3) is 0.167. The van der Waals surface area contributed by atoms with E-state index in [9.17, 15) is 9.59 Å². The molecular weight excluding hydrogens is 208 g/mol. The monoisotopic (exact) mass is 220 g/mol. The Bertz CT molecular complexity index is 421. The average Bonchev–Trinajstić information content (AvgIpc) is 2.35. The highest BCUT2D eigenvalue weighted by atomic mass is 16.5. The quantitative estimate of drug-likeness (QED) is 0.440. The van der Waals surface area contributed by atoms with Crippen LogP contribution < -0.4 is 4.74 Å². The molecule has 0 aromatic heterocycles. The van der Waals surface area contributed by atoms with Crippen molar-refractivity contribution in [2.75, 3.05) is 14.2 Å². The molecule has 1 aromatic rings. The zero-order chi connectivity index (χ0) is 12.0. The molecule has 0 radical (unpaired) electrons. The highest BCUT2D eigenvalue weighted by Crippen LogP contribution is 2.21. The van der Waals surface area contributed by atoms with Crippen molar-refractivity contribution in [3.63, 3.8) is 0 Å². The number of benzene rings is 1. The van der Waals surface area contributed by atoms with Crippen LogP contribution in [-0.4, -0.2) is 26.5 Å². The van der Waals surface area contributed by atoms with Gasteiger partial charge in [-0.05, 0) is 23.8 Å². The second-order valence-corrected chi connectivity index (χ2v) is 2.95. The normalized spacial score (nSPS) is 10.1. The molecule has 4 nitrogen and oxygen atoms in total. The molecule has 0 atom stereocenters. The molecule has 0 fully saturated rings. The molecule has 0 bridgehead atoms. The molecule has 0 aliphatic carbocycles. The summed E-state index contributed by atoms with van der Waals surface area (Å²) in [6.07, 6.45) is 3.61. The van der Waals surface area contributed by atoms with Gasteiger partial charge in [0.2, 0.25) is 0 Å². The number of hydrogen-bond donors (Lipinski definition) is 0. The highest BCUT2D eigenvalue weighted by Gasteiger charge is 2.12. The van der Waals surface area contributed by atoms with Crippen LogP contribution in [0.2, 0.25) is 0 Å². The Morgan fingerprint density at radius 1 is 1.31 bits per heavy atom. The first-order valence-electron chi connectivity index (χ1n) is 4.61. The third kappa shape index (κ3) is 2.70. The van der Waals surface area contributed by atoms with Gasteiger partial charge in [0, 0.05) is 0 Å². The molecule has 1 aromatic carbocycles. The van der Waals surface area contributed by atoms with Gasteiger partial charge in [-0.3, -0.25) is 4.79 Å². The van der Waals surface area contributed by atoms with E-state index >= 15 is 0 Å². The lowest BCUT2D eigenvalue weighted by Gasteiger charge is -2.07. The van der Waals surface area contributed by atoms with Crippen molar-refractivity contribution in [1.29, 1.82) is 0 Å². The van der Waals surface area contributed by atoms with Gasteiger partial charge in [-0.1, -0.05) is 12.1 Å². The average molecular weight is 220 g/mol. The van der Waals surface area contributed by atoms with E-state index in [2.05, 4.69) is 4.74 Å². The molecule has 0 N–H and O–H groups in total. The lowest BCUT2D eigenvalue weighted by Crippen LogP contribution is -2.04. The van der Waals surface area contributed by atoms with Crippen molar-refractivity contribution in [3.8, 4) is 5.75 Å². The van der Waals surface area contributed by atoms with E-state index in [1.165, 1.54) is 20.3 Å². The lowest BCUT2D eigenvalue weighted by atomic mass is 10.1. The summed E-state index contributed by atoms with van der Waals surface area (Å²) >= 11 is 0. The second-order valence-electron chi connectivity index (χ2n) is 2.95. The van der Waals surface area contributed by atoms with Crippen LogP contribution in [0.25, 0.3) is 6.08 Å². The van der Waals surface area contributed by atoms with Crippen molar-refractivity contribution < 1.29 is 19.1 Å². The molecular formula is C12H12O4. The van der Waals surface area contributed by atoms with Gasteiger partial charge in [0.05, 0.1) is 14.2 Å². The molecule has 16 heavy (non-hydrogen) atoms. The number of methoxy groups -OCH3 is 2. The number of allylic oxidation sites excluding steroid dienone is 1. The van der Waals surface area contributed by atoms with Crippen LogP contribution in [0, 0.1) is 0 Å². The predicted octanol–water partition coefficient (Wildman–Crippen LogP) is 1.69. The van der Waals surface area contributed by atoms with Gasteiger partial charge in [0.1, 0.15) is 17.6 Å².